The predicted octanol–water partition coefficient (Wildman–Crippen LogP) is 0.0197. The van der Waals surface area contributed by atoms with Crippen molar-refractivity contribution in [3.05, 3.63) is 40.2 Å². The van der Waals surface area contributed by atoms with Crippen molar-refractivity contribution in [3.8, 4) is 5.75 Å². The maximum absolute atomic E-state index is 14.1. The summed E-state index contributed by atoms with van der Waals surface area (Å²) >= 11 is 0. The van der Waals surface area contributed by atoms with Gasteiger partial charge in [0, 0.05) is 11.5 Å². The lowest BCUT2D eigenvalue weighted by Crippen LogP contribution is -2.66. The van der Waals surface area contributed by atoms with Crippen molar-refractivity contribution in [1.82, 2.24) is 15.1 Å². The number of nitrogens with one attached hydrogen (secondary N) is 2. The predicted molar refractivity (Wildman–Crippen MR) is 147 cm³/mol. The Labute approximate surface area is 237 Å². The Hall–Kier alpha value is -3.46. The molecule has 0 aromatic heterocycles. The smallest absolute Gasteiger partial charge is 0.259 e. The van der Waals surface area contributed by atoms with E-state index in [9.17, 15) is 43.2 Å². The van der Waals surface area contributed by atoms with Gasteiger partial charge in [0.05, 0.1) is 30.2 Å². The summed E-state index contributed by atoms with van der Waals surface area (Å²) in [5.41, 5.74) is -3.67. The number of Topliss-reactive ketones (excluding diaryl/α,β-unsaturated/α-hetero) is 2. The van der Waals surface area contributed by atoms with Crippen molar-refractivity contribution in [1.29, 1.82) is 0 Å². The van der Waals surface area contributed by atoms with E-state index in [-0.39, 0.29) is 36.3 Å². The minimum atomic E-state index is -3.79. The zero-order valence-corrected chi connectivity index (χ0v) is 23.8. The second kappa shape index (κ2) is 10.1. The third-order valence-electron chi connectivity index (χ3n) is 8.53. The standard InChI is InChI=1S/C27H34N4O9S/c1-30(2)20-15-11-14-10-13-6-7-16(29-41(3,39)40)21(32)17(13)22(33)18(14)24(35)27(15,38)25(36)19(23(20)34)26(37)28-12-31-8-4-5-9-31/h6-7,14-15,20,29,32-33,36,38H,4-5,8-12H2,1-3H3,(H,28,37). The van der Waals surface area contributed by atoms with E-state index >= 15 is 0 Å². The highest BCUT2D eigenvalue weighted by Crippen LogP contribution is 2.53. The first-order chi connectivity index (χ1) is 19.2. The van der Waals surface area contributed by atoms with Crippen LogP contribution in [-0.2, 0) is 30.8 Å². The lowest BCUT2D eigenvalue weighted by molar-refractivity contribution is -0.153. The van der Waals surface area contributed by atoms with Crippen LogP contribution >= 0.6 is 0 Å². The number of likely N-dealkylation sites (tertiary alicyclic amines) is 1. The number of sulfonamides is 1. The summed E-state index contributed by atoms with van der Waals surface area (Å²) in [5.74, 6) is -6.93. The molecule has 1 aliphatic heterocycles. The zero-order valence-electron chi connectivity index (χ0n) is 23.0. The molecule has 4 unspecified atom stereocenters. The molecule has 1 aromatic rings. The number of hydrogen-bond donors (Lipinski definition) is 6. The fourth-order valence-electron chi connectivity index (χ4n) is 6.69. The molecule has 14 heteroatoms. The Bertz CT molecular complexity index is 1510. The topological polar surface area (TPSA) is 197 Å². The summed E-state index contributed by atoms with van der Waals surface area (Å²) in [4.78, 5) is 44.3. The van der Waals surface area contributed by atoms with Gasteiger partial charge in [0.15, 0.2) is 17.1 Å². The number of hydrogen-bond acceptors (Lipinski definition) is 11. The average molecular weight is 591 g/mol. The molecule has 1 heterocycles. The molecule has 1 amide bonds. The molecule has 6 N–H and O–H groups in total. The summed E-state index contributed by atoms with van der Waals surface area (Å²) in [6.07, 6.45) is 2.94. The number of carbonyl (C=O) groups excluding carboxylic acids is 3. The van der Waals surface area contributed by atoms with Gasteiger partial charge in [-0.05, 0) is 70.4 Å². The van der Waals surface area contributed by atoms with Crippen LogP contribution in [0.1, 0.15) is 30.4 Å². The van der Waals surface area contributed by atoms with Crippen LogP contribution in [-0.4, -0.2) is 108 Å². The van der Waals surface area contributed by atoms with E-state index in [0.717, 1.165) is 32.2 Å². The van der Waals surface area contributed by atoms with E-state index in [2.05, 4.69) is 10.0 Å². The Morgan fingerprint density at radius 1 is 1.15 bits per heavy atom. The first-order valence-electron chi connectivity index (χ1n) is 13.3. The fraction of sp³-hybridized carbons (Fsp3) is 0.519. The summed E-state index contributed by atoms with van der Waals surface area (Å²) in [7, 11) is -0.641. The molecule has 4 aliphatic rings. The van der Waals surface area contributed by atoms with Gasteiger partial charge in [-0.15, -0.1) is 0 Å². The molecular weight excluding hydrogens is 556 g/mol. The fourth-order valence-corrected chi connectivity index (χ4v) is 7.26. The summed E-state index contributed by atoms with van der Waals surface area (Å²) in [6, 6.07) is 1.71. The van der Waals surface area contributed by atoms with E-state index in [1.807, 2.05) is 4.90 Å². The largest absolute Gasteiger partial charge is 0.508 e. The minimum absolute atomic E-state index is 0.00744. The first-order valence-corrected chi connectivity index (χ1v) is 15.2. The van der Waals surface area contributed by atoms with Crippen LogP contribution in [0, 0.1) is 11.8 Å². The molecule has 1 aromatic carbocycles. The number of fused-ring (bicyclic) bond motifs is 3. The van der Waals surface area contributed by atoms with Gasteiger partial charge in [-0.25, -0.2) is 8.42 Å². The third-order valence-corrected chi connectivity index (χ3v) is 9.12. The first kappa shape index (κ1) is 29.0. The Morgan fingerprint density at radius 3 is 2.41 bits per heavy atom. The molecule has 0 bridgehead atoms. The van der Waals surface area contributed by atoms with Gasteiger partial charge in [-0.3, -0.25) is 28.9 Å². The van der Waals surface area contributed by atoms with Crippen LogP contribution in [0.3, 0.4) is 0 Å². The molecule has 5 rings (SSSR count). The zero-order chi connectivity index (χ0) is 30.0. The number of aliphatic hydroxyl groups excluding tert-OH is 2. The van der Waals surface area contributed by atoms with Gasteiger partial charge >= 0.3 is 0 Å². The van der Waals surface area contributed by atoms with E-state index < -0.39 is 73.8 Å². The van der Waals surface area contributed by atoms with E-state index in [1.54, 1.807) is 14.1 Å². The number of likely N-dealkylation sites (N-methyl/N-ethyl adjacent to an activating group) is 1. The number of phenolic OH excluding ortho intramolecular Hbond substituents is 1. The molecule has 222 valence electrons. The Kier molecular flexibility index (Phi) is 7.17. The van der Waals surface area contributed by atoms with Crippen molar-refractivity contribution < 1.29 is 43.2 Å². The highest BCUT2D eigenvalue weighted by molar-refractivity contribution is 7.92. The number of rotatable bonds is 6. The van der Waals surface area contributed by atoms with E-state index in [1.165, 1.54) is 17.0 Å². The van der Waals surface area contributed by atoms with Crippen molar-refractivity contribution in [2.45, 2.75) is 37.3 Å². The van der Waals surface area contributed by atoms with Gasteiger partial charge < -0.3 is 25.7 Å². The number of phenols is 1. The van der Waals surface area contributed by atoms with Crippen LogP contribution in [0.25, 0.3) is 5.76 Å². The quantitative estimate of drug-likeness (QED) is 0.193. The van der Waals surface area contributed by atoms with Gasteiger partial charge in [0.2, 0.25) is 15.8 Å². The number of aliphatic hydroxyl groups is 3. The molecule has 41 heavy (non-hydrogen) atoms. The third kappa shape index (κ3) is 4.68. The van der Waals surface area contributed by atoms with Gasteiger partial charge in [-0.1, -0.05) is 6.07 Å². The molecular formula is C27H34N4O9S. The Morgan fingerprint density at radius 2 is 1.80 bits per heavy atom. The molecule has 4 atom stereocenters. The summed E-state index contributed by atoms with van der Waals surface area (Å²) < 4.78 is 25.7. The van der Waals surface area contributed by atoms with Gasteiger partial charge in [-0.2, -0.15) is 0 Å². The summed E-state index contributed by atoms with van der Waals surface area (Å²) in [6.45, 7) is 1.64. The highest BCUT2D eigenvalue weighted by Gasteiger charge is 2.64. The van der Waals surface area contributed by atoms with Crippen molar-refractivity contribution in [2.75, 3.05) is 44.8 Å². The molecule has 2 fully saturated rings. The van der Waals surface area contributed by atoms with Gasteiger partial charge in [0.25, 0.3) is 5.91 Å². The monoisotopic (exact) mass is 590 g/mol. The number of aromatic hydroxyl groups is 1. The maximum Gasteiger partial charge on any atom is 0.259 e. The van der Waals surface area contributed by atoms with Crippen LogP contribution in [0.4, 0.5) is 5.69 Å². The lowest BCUT2D eigenvalue weighted by Gasteiger charge is -2.50. The molecule has 13 nitrogen and oxygen atoms in total. The van der Waals surface area contributed by atoms with Crippen molar-refractivity contribution in [3.63, 3.8) is 0 Å². The van der Waals surface area contributed by atoms with Crippen molar-refractivity contribution in [2.24, 2.45) is 11.8 Å². The Balaban J connectivity index is 1.60. The summed E-state index contributed by atoms with van der Waals surface area (Å²) in [5, 5.41) is 47.9. The molecule has 1 saturated carbocycles. The van der Waals surface area contributed by atoms with Crippen LogP contribution in [0.2, 0.25) is 0 Å². The lowest BCUT2D eigenvalue weighted by atomic mass is 9.57. The minimum Gasteiger partial charge on any atom is -0.508 e. The second-order valence-electron chi connectivity index (χ2n) is 11.5. The number of benzene rings is 1. The number of carbonyl (C=O) groups is 3. The van der Waals surface area contributed by atoms with Crippen LogP contribution < -0.4 is 10.0 Å². The molecule has 3 aliphatic carbocycles. The van der Waals surface area contributed by atoms with Crippen molar-refractivity contribution >= 4 is 38.9 Å². The molecule has 0 radical (unpaired) electrons. The normalized spacial score (nSPS) is 28.5. The SMILES string of the molecule is CN(C)C1C(=O)C(C(=O)NCN2CCCC2)=C(O)C2(O)C(=O)C3=C(O)c4c(ccc(NS(C)(=O)=O)c4O)CC3CC12. The number of ketones is 2. The number of nitrogens with zero attached hydrogens (tertiary/aromatic N) is 2. The number of amides is 1. The average Bonchev–Trinajstić information content (AvgIpc) is 3.39. The van der Waals surface area contributed by atoms with Crippen LogP contribution in [0.15, 0.2) is 29.0 Å². The molecule has 0 spiro atoms. The maximum atomic E-state index is 14.1. The molecule has 1 saturated heterocycles. The van der Waals surface area contributed by atoms with Crippen LogP contribution in [0.5, 0.6) is 5.75 Å². The highest BCUT2D eigenvalue weighted by atomic mass is 32.2. The van der Waals surface area contributed by atoms with E-state index in [0.29, 0.717) is 5.56 Å². The van der Waals surface area contributed by atoms with E-state index in [4.69, 9.17) is 0 Å². The number of anilines is 1. The second-order valence-corrected chi connectivity index (χ2v) is 13.2. The van der Waals surface area contributed by atoms with Gasteiger partial charge in [0.1, 0.15) is 17.1 Å².